The highest BCUT2D eigenvalue weighted by molar-refractivity contribution is 5.89. The van der Waals surface area contributed by atoms with Crippen LogP contribution < -0.4 is 9.47 Å². The Morgan fingerprint density at radius 2 is 1.96 bits per heavy atom. The average molecular weight is 323 g/mol. The fraction of sp³-hybridized carbons (Fsp3) is 0.368. The molecular weight excluding hydrogens is 302 g/mol. The summed E-state index contributed by atoms with van der Waals surface area (Å²) in [6.45, 7) is 1.95. The Hall–Kier alpha value is -2.56. The van der Waals surface area contributed by atoms with E-state index in [1.165, 1.54) is 12.8 Å². The minimum Gasteiger partial charge on any atom is -0.493 e. The summed E-state index contributed by atoms with van der Waals surface area (Å²) in [5, 5.41) is 0. The lowest BCUT2D eigenvalue weighted by Crippen LogP contribution is -2.11. The number of ether oxygens (including phenoxy) is 2. The molecule has 5 nitrogen and oxygen atoms in total. The second kappa shape index (κ2) is 6.15. The first-order valence-electron chi connectivity index (χ1n) is 8.41. The van der Waals surface area contributed by atoms with E-state index in [1.807, 2.05) is 31.2 Å². The molecule has 4 rings (SSSR count). The fourth-order valence-electron chi connectivity index (χ4n) is 3.37. The van der Waals surface area contributed by atoms with Crippen LogP contribution in [0.1, 0.15) is 31.5 Å². The quantitative estimate of drug-likeness (QED) is 0.779. The predicted octanol–water partition coefficient (Wildman–Crippen LogP) is 4.26. The molecule has 0 spiro atoms. The Morgan fingerprint density at radius 3 is 2.75 bits per heavy atom. The maximum Gasteiger partial charge on any atom is 0.162 e. The van der Waals surface area contributed by atoms with Gasteiger partial charge in [-0.15, -0.1) is 0 Å². The maximum absolute atomic E-state index is 6.20. The molecule has 1 aliphatic carbocycles. The van der Waals surface area contributed by atoms with Crippen molar-refractivity contribution in [2.75, 3.05) is 7.11 Å². The standard InChI is InChI=1S/C19H21N3O2/c1-12-21-15-9-10-20-18(19(15)22-12)13-7-8-16(23-2)17(11-13)24-14-5-3-4-6-14/h7-11,14H,3-6H2,1-2H3,(H,21,22). The van der Waals surface area contributed by atoms with E-state index in [0.29, 0.717) is 0 Å². The van der Waals surface area contributed by atoms with E-state index in [1.54, 1.807) is 13.3 Å². The summed E-state index contributed by atoms with van der Waals surface area (Å²) < 4.78 is 11.7. The van der Waals surface area contributed by atoms with Crippen molar-refractivity contribution in [1.82, 2.24) is 15.0 Å². The van der Waals surface area contributed by atoms with Crippen molar-refractivity contribution in [2.45, 2.75) is 38.7 Å². The molecule has 0 saturated heterocycles. The molecule has 0 aliphatic heterocycles. The van der Waals surface area contributed by atoms with E-state index >= 15 is 0 Å². The maximum atomic E-state index is 6.20. The lowest BCUT2D eigenvalue weighted by atomic mass is 10.1. The van der Waals surface area contributed by atoms with Crippen LogP contribution in [-0.2, 0) is 0 Å². The molecule has 1 N–H and O–H groups in total. The smallest absolute Gasteiger partial charge is 0.162 e. The Morgan fingerprint density at radius 1 is 1.12 bits per heavy atom. The lowest BCUT2D eigenvalue weighted by molar-refractivity contribution is 0.201. The van der Waals surface area contributed by atoms with E-state index in [-0.39, 0.29) is 6.10 Å². The number of aromatic nitrogens is 3. The van der Waals surface area contributed by atoms with Gasteiger partial charge in [-0.1, -0.05) is 0 Å². The first kappa shape index (κ1) is 15.0. The number of pyridine rings is 1. The highest BCUT2D eigenvalue weighted by Gasteiger charge is 2.19. The normalized spacial score (nSPS) is 15.1. The van der Waals surface area contributed by atoms with Crippen molar-refractivity contribution in [3.8, 4) is 22.8 Å². The second-order valence-corrected chi connectivity index (χ2v) is 6.27. The van der Waals surface area contributed by atoms with Crippen LogP contribution in [0.4, 0.5) is 0 Å². The summed E-state index contributed by atoms with van der Waals surface area (Å²) in [7, 11) is 1.67. The van der Waals surface area contributed by atoms with E-state index in [4.69, 9.17) is 9.47 Å². The van der Waals surface area contributed by atoms with Crippen molar-refractivity contribution in [1.29, 1.82) is 0 Å². The van der Waals surface area contributed by atoms with Crippen molar-refractivity contribution in [3.63, 3.8) is 0 Å². The van der Waals surface area contributed by atoms with Crippen LogP contribution in [0.3, 0.4) is 0 Å². The predicted molar refractivity (Wildman–Crippen MR) is 93.5 cm³/mol. The molecule has 1 saturated carbocycles. The minimum absolute atomic E-state index is 0.283. The number of hydrogen-bond acceptors (Lipinski definition) is 4. The molecule has 0 amide bonds. The number of hydrogen-bond donors (Lipinski definition) is 1. The van der Waals surface area contributed by atoms with Gasteiger partial charge in [0.2, 0.25) is 0 Å². The van der Waals surface area contributed by atoms with Gasteiger partial charge in [-0.25, -0.2) is 4.98 Å². The highest BCUT2D eigenvalue weighted by Crippen LogP contribution is 2.36. The first-order valence-corrected chi connectivity index (χ1v) is 8.41. The molecule has 2 aromatic heterocycles. The summed E-state index contributed by atoms with van der Waals surface area (Å²) in [6, 6.07) is 7.91. The molecule has 1 aliphatic rings. The first-order chi connectivity index (χ1) is 11.7. The van der Waals surface area contributed by atoms with Gasteiger partial charge in [-0.3, -0.25) is 4.98 Å². The van der Waals surface area contributed by atoms with Crippen molar-refractivity contribution in [2.24, 2.45) is 0 Å². The summed E-state index contributed by atoms with van der Waals surface area (Å²) in [4.78, 5) is 12.4. The van der Waals surface area contributed by atoms with Crippen molar-refractivity contribution < 1.29 is 9.47 Å². The third kappa shape index (κ3) is 2.70. The van der Waals surface area contributed by atoms with Crippen molar-refractivity contribution in [3.05, 3.63) is 36.3 Å². The van der Waals surface area contributed by atoms with Crippen LogP contribution in [0.25, 0.3) is 22.3 Å². The molecule has 0 radical (unpaired) electrons. The molecule has 0 unspecified atom stereocenters. The molecule has 3 aromatic rings. The monoisotopic (exact) mass is 323 g/mol. The molecule has 124 valence electrons. The van der Waals surface area contributed by atoms with E-state index in [2.05, 4.69) is 15.0 Å². The van der Waals surface area contributed by atoms with Gasteiger partial charge in [0.05, 0.1) is 24.4 Å². The number of nitrogens with zero attached hydrogens (tertiary/aromatic N) is 2. The third-order valence-electron chi connectivity index (χ3n) is 4.55. The summed E-state index contributed by atoms with van der Waals surface area (Å²) in [5.41, 5.74) is 3.72. The van der Waals surface area contributed by atoms with Crippen molar-refractivity contribution >= 4 is 11.0 Å². The molecule has 1 fully saturated rings. The largest absolute Gasteiger partial charge is 0.493 e. The zero-order chi connectivity index (χ0) is 16.5. The third-order valence-corrected chi connectivity index (χ3v) is 4.55. The Bertz CT molecular complexity index is 866. The molecule has 1 aromatic carbocycles. The molecule has 0 bridgehead atoms. The van der Waals surface area contributed by atoms with Crippen LogP contribution >= 0.6 is 0 Å². The number of methoxy groups -OCH3 is 1. The number of aryl methyl sites for hydroxylation is 1. The van der Waals surface area contributed by atoms with Crippen LogP contribution in [0.2, 0.25) is 0 Å². The van der Waals surface area contributed by atoms with Gasteiger partial charge in [0.15, 0.2) is 11.5 Å². The van der Waals surface area contributed by atoms with Gasteiger partial charge in [0.25, 0.3) is 0 Å². The SMILES string of the molecule is COc1ccc(-c2nccc3[nH]c(C)nc23)cc1OC1CCCC1. The number of H-pyrrole nitrogens is 1. The van der Waals surface area contributed by atoms with Gasteiger partial charge < -0.3 is 14.5 Å². The number of imidazole rings is 1. The molecule has 24 heavy (non-hydrogen) atoms. The highest BCUT2D eigenvalue weighted by atomic mass is 16.5. The van der Waals surface area contributed by atoms with Gasteiger partial charge in [0, 0.05) is 11.8 Å². The molecule has 5 heteroatoms. The van der Waals surface area contributed by atoms with Gasteiger partial charge in [-0.05, 0) is 56.9 Å². The Balaban J connectivity index is 1.77. The minimum atomic E-state index is 0.283. The summed E-state index contributed by atoms with van der Waals surface area (Å²) in [5.74, 6) is 2.43. The van der Waals surface area contributed by atoms with Crippen LogP contribution in [-0.4, -0.2) is 28.2 Å². The van der Waals surface area contributed by atoms with Crippen LogP contribution in [0.15, 0.2) is 30.5 Å². The molecule has 2 heterocycles. The van der Waals surface area contributed by atoms with Crippen LogP contribution in [0, 0.1) is 6.92 Å². The number of fused-ring (bicyclic) bond motifs is 1. The van der Waals surface area contributed by atoms with E-state index in [0.717, 1.165) is 52.5 Å². The van der Waals surface area contributed by atoms with Gasteiger partial charge in [-0.2, -0.15) is 0 Å². The number of nitrogens with one attached hydrogen (secondary N) is 1. The van der Waals surface area contributed by atoms with E-state index < -0.39 is 0 Å². The van der Waals surface area contributed by atoms with Crippen LogP contribution in [0.5, 0.6) is 11.5 Å². The number of rotatable bonds is 4. The number of benzene rings is 1. The summed E-state index contributed by atoms with van der Waals surface area (Å²) >= 11 is 0. The lowest BCUT2D eigenvalue weighted by Gasteiger charge is -2.16. The zero-order valence-electron chi connectivity index (χ0n) is 14.0. The average Bonchev–Trinajstić information content (AvgIpc) is 3.22. The van der Waals surface area contributed by atoms with E-state index in [9.17, 15) is 0 Å². The molecule has 0 atom stereocenters. The number of aromatic amines is 1. The Kier molecular flexibility index (Phi) is 3.84. The van der Waals surface area contributed by atoms with Gasteiger partial charge >= 0.3 is 0 Å². The zero-order valence-corrected chi connectivity index (χ0v) is 14.0. The molecular formula is C19H21N3O2. The summed E-state index contributed by atoms with van der Waals surface area (Å²) in [6.07, 6.45) is 6.78. The topological polar surface area (TPSA) is 60.0 Å². The van der Waals surface area contributed by atoms with Gasteiger partial charge in [0.1, 0.15) is 11.3 Å². The fourth-order valence-corrected chi connectivity index (χ4v) is 3.37. The second-order valence-electron chi connectivity index (χ2n) is 6.27. The Labute approximate surface area is 141 Å².